The van der Waals surface area contributed by atoms with Crippen molar-refractivity contribution >= 4 is 21.8 Å². The first-order valence-corrected chi connectivity index (χ1v) is 10.1. The molecule has 0 saturated carbocycles. The molecule has 0 atom stereocenters. The first kappa shape index (κ1) is 21.6. The molecule has 0 aromatic heterocycles. The van der Waals surface area contributed by atoms with E-state index in [1.807, 2.05) is 0 Å². The Labute approximate surface area is 164 Å². The number of sulfonamides is 1. The molecule has 0 amide bonds. The molecule has 150 valence electrons. The Kier molecular flexibility index (Phi) is 6.93. The number of Topliss-reactive ketones (excluding diaryl/α,β-unsaturated/α-hetero) is 1. The molecule has 0 unspecified atom stereocenters. The minimum atomic E-state index is -3.63. The number of esters is 1. The second-order valence-electron chi connectivity index (χ2n) is 6.46. The van der Waals surface area contributed by atoms with E-state index in [1.165, 1.54) is 38.3 Å². The number of hydrogen-bond acceptors (Lipinski definition) is 6. The minimum Gasteiger partial charge on any atom is -0.496 e. The Hall–Kier alpha value is -2.71. The van der Waals surface area contributed by atoms with Crippen molar-refractivity contribution < 1.29 is 27.5 Å². The summed E-state index contributed by atoms with van der Waals surface area (Å²) in [5.41, 5.74) is 1.26. The zero-order valence-corrected chi connectivity index (χ0v) is 17.0. The van der Waals surface area contributed by atoms with Crippen LogP contribution in [0.5, 0.6) is 5.75 Å². The summed E-state index contributed by atoms with van der Waals surface area (Å²) in [7, 11) is -2.15. The van der Waals surface area contributed by atoms with E-state index in [-0.39, 0.29) is 28.9 Å². The second-order valence-corrected chi connectivity index (χ2v) is 8.17. The van der Waals surface area contributed by atoms with Gasteiger partial charge < -0.3 is 9.47 Å². The molecule has 0 bridgehead atoms. The van der Waals surface area contributed by atoms with E-state index < -0.39 is 16.0 Å². The Morgan fingerprint density at radius 3 is 2.18 bits per heavy atom. The lowest BCUT2D eigenvalue weighted by atomic mass is 10.1. The number of nitrogens with one attached hydrogen (secondary N) is 1. The average Bonchev–Trinajstić information content (AvgIpc) is 2.64. The van der Waals surface area contributed by atoms with Crippen LogP contribution in [0.1, 0.15) is 47.1 Å². The third-order valence-electron chi connectivity index (χ3n) is 3.84. The molecule has 28 heavy (non-hydrogen) atoms. The summed E-state index contributed by atoms with van der Waals surface area (Å²) < 4.78 is 37.2. The first-order valence-electron chi connectivity index (χ1n) is 8.61. The van der Waals surface area contributed by atoms with Gasteiger partial charge in [0.05, 0.1) is 17.6 Å². The van der Waals surface area contributed by atoms with Gasteiger partial charge in [0.2, 0.25) is 10.0 Å². The van der Waals surface area contributed by atoms with Gasteiger partial charge in [0.25, 0.3) is 0 Å². The van der Waals surface area contributed by atoms with Gasteiger partial charge in [-0.3, -0.25) is 4.79 Å². The van der Waals surface area contributed by atoms with Gasteiger partial charge in [-0.15, -0.1) is 0 Å². The number of ether oxygens (including phenoxy) is 2. The number of benzene rings is 2. The molecular formula is C20H23NO6S. The number of hydrogen-bond donors (Lipinski definition) is 1. The summed E-state index contributed by atoms with van der Waals surface area (Å²) in [5, 5.41) is 0. The SMILES string of the molecule is COc1ccc(C(C)=O)cc1COC(=O)c1ccc(S(=O)(=O)NC(C)C)cc1. The minimum absolute atomic E-state index is 0.0635. The van der Waals surface area contributed by atoms with E-state index in [2.05, 4.69) is 4.72 Å². The molecule has 0 aliphatic carbocycles. The van der Waals surface area contributed by atoms with E-state index in [9.17, 15) is 18.0 Å². The maximum absolute atomic E-state index is 12.3. The fourth-order valence-corrected chi connectivity index (χ4v) is 3.74. The fourth-order valence-electron chi connectivity index (χ4n) is 2.49. The lowest BCUT2D eigenvalue weighted by Crippen LogP contribution is -2.30. The highest BCUT2D eigenvalue weighted by Crippen LogP contribution is 2.22. The molecule has 8 heteroatoms. The van der Waals surface area contributed by atoms with Crippen LogP contribution >= 0.6 is 0 Å². The highest BCUT2D eigenvalue weighted by atomic mass is 32.2. The summed E-state index contributed by atoms with van der Waals surface area (Å²) in [4.78, 5) is 23.9. The molecule has 0 aliphatic rings. The number of carbonyl (C=O) groups is 2. The third kappa shape index (κ3) is 5.40. The Bertz CT molecular complexity index is 965. The predicted octanol–water partition coefficient (Wildman–Crippen LogP) is 2.94. The van der Waals surface area contributed by atoms with Crippen LogP contribution in [-0.4, -0.2) is 33.3 Å². The second kappa shape index (κ2) is 8.99. The molecule has 0 saturated heterocycles. The van der Waals surface area contributed by atoms with Gasteiger partial charge in [-0.1, -0.05) is 0 Å². The summed E-state index contributed by atoms with van der Waals surface area (Å²) in [5.74, 6) is -0.225. The van der Waals surface area contributed by atoms with Crippen LogP contribution in [0.3, 0.4) is 0 Å². The molecule has 0 radical (unpaired) electrons. The van der Waals surface area contributed by atoms with Gasteiger partial charge in [0.15, 0.2) is 5.78 Å². The van der Waals surface area contributed by atoms with E-state index in [1.54, 1.807) is 32.0 Å². The van der Waals surface area contributed by atoms with Crippen LogP contribution in [0.15, 0.2) is 47.4 Å². The standard InChI is InChI=1S/C20H23NO6S/c1-13(2)21-28(24,25)18-8-5-15(6-9-18)20(23)27-12-17-11-16(14(3)22)7-10-19(17)26-4/h5-11,13,21H,12H2,1-4H3. The van der Waals surface area contributed by atoms with Crippen molar-refractivity contribution in [1.29, 1.82) is 0 Å². The van der Waals surface area contributed by atoms with Crippen molar-refractivity contribution in [3.63, 3.8) is 0 Å². The zero-order valence-electron chi connectivity index (χ0n) is 16.2. The van der Waals surface area contributed by atoms with Crippen molar-refractivity contribution in [2.24, 2.45) is 0 Å². The molecule has 0 heterocycles. The summed E-state index contributed by atoms with van der Waals surface area (Å²) >= 11 is 0. The normalized spacial score (nSPS) is 11.3. The largest absolute Gasteiger partial charge is 0.496 e. The number of rotatable bonds is 8. The summed E-state index contributed by atoms with van der Waals surface area (Å²) in [6.07, 6.45) is 0. The smallest absolute Gasteiger partial charge is 0.338 e. The van der Waals surface area contributed by atoms with Gasteiger partial charge in [-0.25, -0.2) is 17.9 Å². The molecule has 1 N–H and O–H groups in total. The number of carbonyl (C=O) groups excluding carboxylic acids is 2. The summed E-state index contributed by atoms with van der Waals surface area (Å²) in [6, 6.07) is 10.1. The monoisotopic (exact) mass is 405 g/mol. The molecule has 7 nitrogen and oxygen atoms in total. The highest BCUT2D eigenvalue weighted by Gasteiger charge is 2.17. The third-order valence-corrected chi connectivity index (χ3v) is 5.51. The van der Waals surface area contributed by atoms with Gasteiger partial charge in [-0.05, 0) is 63.2 Å². The average molecular weight is 405 g/mol. The molecule has 0 spiro atoms. The van der Waals surface area contributed by atoms with Gasteiger partial charge >= 0.3 is 5.97 Å². The van der Waals surface area contributed by atoms with Gasteiger partial charge in [0.1, 0.15) is 12.4 Å². The molecule has 0 fully saturated rings. The maximum atomic E-state index is 12.3. The fraction of sp³-hybridized carbons (Fsp3) is 0.300. The van der Waals surface area contributed by atoms with Crippen molar-refractivity contribution in [2.45, 2.75) is 38.3 Å². The van der Waals surface area contributed by atoms with Gasteiger partial charge in [0, 0.05) is 17.2 Å². The van der Waals surface area contributed by atoms with Crippen molar-refractivity contribution in [2.75, 3.05) is 7.11 Å². The van der Waals surface area contributed by atoms with Crippen LogP contribution in [0.2, 0.25) is 0 Å². The molecule has 2 aromatic rings. The lowest BCUT2D eigenvalue weighted by molar-refractivity contribution is 0.0470. The van der Waals surface area contributed by atoms with Crippen LogP contribution in [0.4, 0.5) is 0 Å². The van der Waals surface area contributed by atoms with E-state index in [0.717, 1.165) is 0 Å². The van der Waals surface area contributed by atoms with Crippen LogP contribution in [-0.2, 0) is 21.4 Å². The van der Waals surface area contributed by atoms with Crippen LogP contribution < -0.4 is 9.46 Å². The Morgan fingerprint density at radius 1 is 1.04 bits per heavy atom. The zero-order chi connectivity index (χ0) is 20.9. The predicted molar refractivity (Wildman–Crippen MR) is 104 cm³/mol. The quantitative estimate of drug-likeness (QED) is 0.536. The molecular weight excluding hydrogens is 382 g/mol. The molecule has 0 aliphatic heterocycles. The summed E-state index contributed by atoms with van der Waals surface area (Å²) in [6.45, 7) is 4.80. The molecule has 2 rings (SSSR count). The van der Waals surface area contributed by atoms with Crippen LogP contribution in [0.25, 0.3) is 0 Å². The van der Waals surface area contributed by atoms with Crippen LogP contribution in [0, 0.1) is 0 Å². The number of ketones is 1. The number of methoxy groups -OCH3 is 1. The van der Waals surface area contributed by atoms with E-state index in [4.69, 9.17) is 9.47 Å². The van der Waals surface area contributed by atoms with Crippen molar-refractivity contribution in [3.8, 4) is 5.75 Å². The highest BCUT2D eigenvalue weighted by molar-refractivity contribution is 7.89. The lowest BCUT2D eigenvalue weighted by Gasteiger charge is -2.11. The maximum Gasteiger partial charge on any atom is 0.338 e. The molecule has 2 aromatic carbocycles. The van der Waals surface area contributed by atoms with Gasteiger partial charge in [-0.2, -0.15) is 0 Å². The topological polar surface area (TPSA) is 98.8 Å². The Balaban J connectivity index is 2.12. The van der Waals surface area contributed by atoms with E-state index in [0.29, 0.717) is 16.9 Å². The Morgan fingerprint density at radius 2 is 1.64 bits per heavy atom. The van der Waals surface area contributed by atoms with Crippen molar-refractivity contribution in [1.82, 2.24) is 4.72 Å². The van der Waals surface area contributed by atoms with Crippen molar-refractivity contribution in [3.05, 3.63) is 59.2 Å². The first-order chi connectivity index (χ1) is 13.1. The van der Waals surface area contributed by atoms with E-state index >= 15 is 0 Å².